The molecule has 0 aliphatic rings. The standard InChI is InChI=1S/C13H11IN2O3/c14-9-3-1-4-10(7-9)15-13(19)11-5-2-6-16(11)8-12(17)18/h1-7H,8H2,(H,15,19)(H,17,18). The summed E-state index contributed by atoms with van der Waals surface area (Å²) in [6, 6.07) is 10.6. The zero-order valence-electron chi connectivity index (χ0n) is 9.84. The highest BCUT2D eigenvalue weighted by Gasteiger charge is 2.12. The Balaban J connectivity index is 2.16. The lowest BCUT2D eigenvalue weighted by Crippen LogP contribution is -2.19. The third-order valence-corrected chi connectivity index (χ3v) is 3.12. The molecule has 0 saturated heterocycles. The lowest BCUT2D eigenvalue weighted by molar-refractivity contribution is -0.137. The molecule has 0 unspecified atom stereocenters. The summed E-state index contributed by atoms with van der Waals surface area (Å²) in [5.74, 6) is -1.31. The van der Waals surface area contributed by atoms with Gasteiger partial charge in [-0.2, -0.15) is 0 Å². The van der Waals surface area contributed by atoms with Crippen molar-refractivity contribution in [3.8, 4) is 0 Å². The summed E-state index contributed by atoms with van der Waals surface area (Å²) >= 11 is 2.15. The van der Waals surface area contributed by atoms with Crippen LogP contribution in [0.5, 0.6) is 0 Å². The first-order valence-corrected chi connectivity index (χ1v) is 6.58. The number of aliphatic carboxylic acids is 1. The van der Waals surface area contributed by atoms with E-state index in [2.05, 4.69) is 27.9 Å². The first-order chi connectivity index (χ1) is 9.06. The highest BCUT2D eigenvalue weighted by molar-refractivity contribution is 14.1. The minimum absolute atomic E-state index is 0.234. The molecule has 0 aliphatic heterocycles. The fourth-order valence-electron chi connectivity index (χ4n) is 1.67. The summed E-state index contributed by atoms with van der Waals surface area (Å²) in [4.78, 5) is 22.8. The number of aromatic nitrogens is 1. The molecule has 1 aromatic heterocycles. The van der Waals surface area contributed by atoms with Crippen LogP contribution in [0, 0.1) is 3.57 Å². The number of rotatable bonds is 4. The van der Waals surface area contributed by atoms with Gasteiger partial charge in [0, 0.05) is 15.5 Å². The minimum atomic E-state index is -0.987. The average molecular weight is 370 g/mol. The number of carboxylic acids is 1. The molecule has 1 heterocycles. The Labute approximate surface area is 123 Å². The summed E-state index contributed by atoms with van der Waals surface area (Å²) in [6.45, 7) is -0.234. The van der Waals surface area contributed by atoms with E-state index < -0.39 is 5.97 Å². The normalized spacial score (nSPS) is 10.2. The SMILES string of the molecule is O=C(O)Cn1cccc1C(=O)Nc1cccc(I)c1. The van der Waals surface area contributed by atoms with Crippen molar-refractivity contribution in [2.75, 3.05) is 5.32 Å². The number of amides is 1. The molecule has 6 heteroatoms. The second kappa shape index (κ2) is 5.87. The zero-order chi connectivity index (χ0) is 13.8. The number of hydrogen-bond acceptors (Lipinski definition) is 2. The van der Waals surface area contributed by atoms with Crippen LogP contribution in [0.4, 0.5) is 5.69 Å². The van der Waals surface area contributed by atoms with Gasteiger partial charge in [-0.15, -0.1) is 0 Å². The van der Waals surface area contributed by atoms with Crippen molar-refractivity contribution in [1.29, 1.82) is 0 Å². The van der Waals surface area contributed by atoms with E-state index in [0.717, 1.165) is 3.57 Å². The number of carboxylic acid groups (broad SMARTS) is 1. The van der Waals surface area contributed by atoms with Gasteiger partial charge in [-0.05, 0) is 52.9 Å². The maximum atomic E-state index is 12.1. The van der Waals surface area contributed by atoms with Crippen LogP contribution in [0.15, 0.2) is 42.6 Å². The van der Waals surface area contributed by atoms with Crippen LogP contribution in [0.3, 0.4) is 0 Å². The quantitative estimate of drug-likeness (QED) is 0.813. The topological polar surface area (TPSA) is 71.3 Å². The van der Waals surface area contributed by atoms with Gasteiger partial charge in [0.15, 0.2) is 0 Å². The molecule has 1 aromatic carbocycles. The van der Waals surface area contributed by atoms with E-state index in [9.17, 15) is 9.59 Å². The predicted molar refractivity (Wildman–Crippen MR) is 79.2 cm³/mol. The number of nitrogens with one attached hydrogen (secondary N) is 1. The van der Waals surface area contributed by atoms with Crippen molar-refractivity contribution in [2.45, 2.75) is 6.54 Å². The second-order valence-corrected chi connectivity index (χ2v) is 5.13. The number of benzene rings is 1. The molecule has 19 heavy (non-hydrogen) atoms. The molecule has 0 spiro atoms. The maximum Gasteiger partial charge on any atom is 0.323 e. The van der Waals surface area contributed by atoms with E-state index in [4.69, 9.17) is 5.11 Å². The predicted octanol–water partition coefficient (Wildman–Crippen LogP) is 2.43. The van der Waals surface area contributed by atoms with Gasteiger partial charge in [0.1, 0.15) is 12.2 Å². The lowest BCUT2D eigenvalue weighted by atomic mass is 10.3. The molecule has 2 N–H and O–H groups in total. The van der Waals surface area contributed by atoms with Crippen LogP contribution in [-0.2, 0) is 11.3 Å². The van der Waals surface area contributed by atoms with Crippen molar-refractivity contribution in [1.82, 2.24) is 4.57 Å². The first-order valence-electron chi connectivity index (χ1n) is 5.50. The van der Waals surface area contributed by atoms with Crippen LogP contribution >= 0.6 is 22.6 Å². The summed E-state index contributed by atoms with van der Waals surface area (Å²) in [7, 11) is 0. The van der Waals surface area contributed by atoms with Crippen LogP contribution in [0.1, 0.15) is 10.5 Å². The number of halogens is 1. The molecule has 2 rings (SSSR count). The Kier molecular flexibility index (Phi) is 4.20. The number of nitrogens with zero attached hydrogens (tertiary/aromatic N) is 1. The van der Waals surface area contributed by atoms with Gasteiger partial charge < -0.3 is 15.0 Å². The maximum absolute atomic E-state index is 12.1. The van der Waals surface area contributed by atoms with Gasteiger partial charge in [-0.1, -0.05) is 6.07 Å². The summed E-state index contributed by atoms with van der Waals surface area (Å²) in [6.07, 6.45) is 1.57. The Bertz CT molecular complexity index is 622. The molecule has 5 nitrogen and oxygen atoms in total. The molecule has 2 aromatic rings. The fraction of sp³-hybridized carbons (Fsp3) is 0.0769. The van der Waals surface area contributed by atoms with Crippen molar-refractivity contribution < 1.29 is 14.7 Å². The Morgan fingerprint density at radius 2 is 2.05 bits per heavy atom. The molecular weight excluding hydrogens is 359 g/mol. The lowest BCUT2D eigenvalue weighted by Gasteiger charge is -2.08. The monoisotopic (exact) mass is 370 g/mol. The molecule has 0 fully saturated rings. The molecule has 98 valence electrons. The summed E-state index contributed by atoms with van der Waals surface area (Å²) in [5, 5.41) is 11.5. The molecule has 0 radical (unpaired) electrons. The molecule has 0 aliphatic carbocycles. The smallest absolute Gasteiger partial charge is 0.323 e. The average Bonchev–Trinajstić information content (AvgIpc) is 2.76. The third-order valence-electron chi connectivity index (χ3n) is 2.45. The Morgan fingerprint density at radius 3 is 2.74 bits per heavy atom. The molecule has 1 amide bonds. The largest absolute Gasteiger partial charge is 0.480 e. The van der Waals surface area contributed by atoms with Gasteiger partial charge >= 0.3 is 5.97 Å². The fourth-order valence-corrected chi connectivity index (χ4v) is 2.21. The second-order valence-electron chi connectivity index (χ2n) is 3.88. The van der Waals surface area contributed by atoms with E-state index in [0.29, 0.717) is 11.4 Å². The zero-order valence-corrected chi connectivity index (χ0v) is 12.0. The molecule has 0 bridgehead atoms. The van der Waals surface area contributed by atoms with Crippen LogP contribution < -0.4 is 5.32 Å². The van der Waals surface area contributed by atoms with Gasteiger partial charge in [-0.25, -0.2) is 0 Å². The van der Waals surface area contributed by atoms with E-state index in [1.54, 1.807) is 24.4 Å². The number of anilines is 1. The highest BCUT2D eigenvalue weighted by Crippen LogP contribution is 2.14. The van der Waals surface area contributed by atoms with Gasteiger partial charge in [0.2, 0.25) is 0 Å². The highest BCUT2D eigenvalue weighted by atomic mass is 127. The first kappa shape index (κ1) is 13.6. The Morgan fingerprint density at radius 1 is 1.26 bits per heavy atom. The van der Waals surface area contributed by atoms with E-state index in [1.807, 2.05) is 18.2 Å². The van der Waals surface area contributed by atoms with Gasteiger partial charge in [0.05, 0.1) is 0 Å². The van der Waals surface area contributed by atoms with Crippen molar-refractivity contribution >= 4 is 40.2 Å². The van der Waals surface area contributed by atoms with Crippen LogP contribution in [0.2, 0.25) is 0 Å². The Hall–Kier alpha value is -1.83. The number of carbonyl (C=O) groups excluding carboxylic acids is 1. The van der Waals surface area contributed by atoms with Crippen molar-refractivity contribution in [2.24, 2.45) is 0 Å². The summed E-state index contributed by atoms with van der Waals surface area (Å²) < 4.78 is 2.40. The number of carbonyl (C=O) groups is 2. The van der Waals surface area contributed by atoms with Crippen molar-refractivity contribution in [3.05, 3.63) is 51.9 Å². The van der Waals surface area contributed by atoms with E-state index in [-0.39, 0.29) is 12.5 Å². The van der Waals surface area contributed by atoms with E-state index in [1.165, 1.54) is 4.57 Å². The molecule has 0 saturated carbocycles. The minimum Gasteiger partial charge on any atom is -0.480 e. The summed E-state index contributed by atoms with van der Waals surface area (Å²) in [5.41, 5.74) is 1.00. The van der Waals surface area contributed by atoms with Gasteiger partial charge in [-0.3, -0.25) is 9.59 Å². The van der Waals surface area contributed by atoms with Crippen molar-refractivity contribution in [3.63, 3.8) is 0 Å². The molecule has 0 atom stereocenters. The van der Waals surface area contributed by atoms with Crippen LogP contribution in [-0.4, -0.2) is 21.6 Å². The third kappa shape index (κ3) is 3.57. The van der Waals surface area contributed by atoms with E-state index >= 15 is 0 Å². The van der Waals surface area contributed by atoms with Crippen LogP contribution in [0.25, 0.3) is 0 Å². The van der Waals surface area contributed by atoms with Gasteiger partial charge in [0.25, 0.3) is 5.91 Å². The molecular formula is C13H11IN2O3. The number of hydrogen-bond donors (Lipinski definition) is 2.